The van der Waals surface area contributed by atoms with Gasteiger partial charge in [0.1, 0.15) is 0 Å². The molecule has 0 saturated heterocycles. The summed E-state index contributed by atoms with van der Waals surface area (Å²) in [5.41, 5.74) is 0. The van der Waals surface area contributed by atoms with Crippen LogP contribution >= 0.6 is 0 Å². The first-order chi connectivity index (χ1) is 7.11. The van der Waals surface area contributed by atoms with Crippen molar-refractivity contribution in [2.75, 3.05) is 7.11 Å². The zero-order valence-corrected chi connectivity index (χ0v) is 10.9. The second kappa shape index (κ2) is 5.79. The van der Waals surface area contributed by atoms with Gasteiger partial charge in [-0.05, 0) is 0 Å². The molecule has 15 heavy (non-hydrogen) atoms. The number of allylic oxidation sites excluding steroid dienone is 1. The van der Waals surface area contributed by atoms with Crippen LogP contribution in [0.2, 0.25) is 0 Å². The fraction of sp³-hybridized carbons (Fsp3) is 0.182. The van der Waals surface area contributed by atoms with Crippen molar-refractivity contribution in [1.82, 2.24) is 0 Å². The Morgan fingerprint density at radius 3 is 2.47 bits per heavy atom. The molecular weight excluding hydrogens is 308 g/mol. The van der Waals surface area contributed by atoms with E-state index < -0.39 is 26.9 Å². The summed E-state index contributed by atoms with van der Waals surface area (Å²) in [6.07, 6.45) is 1.28. The van der Waals surface area contributed by atoms with E-state index in [1.165, 1.54) is 9.69 Å². The van der Waals surface area contributed by atoms with Gasteiger partial charge in [-0.3, -0.25) is 0 Å². The van der Waals surface area contributed by atoms with E-state index in [1.54, 1.807) is 7.11 Å². The number of hydrogen-bond donors (Lipinski definition) is 1. The van der Waals surface area contributed by atoms with E-state index in [2.05, 4.69) is 0 Å². The molecule has 0 radical (unpaired) electrons. The first kappa shape index (κ1) is 12.1. The zero-order valence-electron chi connectivity index (χ0n) is 8.56. The van der Waals surface area contributed by atoms with Crippen LogP contribution in [0.1, 0.15) is 6.92 Å². The van der Waals surface area contributed by atoms with Gasteiger partial charge in [0.15, 0.2) is 0 Å². The van der Waals surface area contributed by atoms with Crippen LogP contribution in [0.3, 0.4) is 0 Å². The first-order valence-corrected chi connectivity index (χ1v) is 6.68. The van der Waals surface area contributed by atoms with E-state index >= 15 is 0 Å². The second-order valence-corrected chi connectivity index (χ2v) is 6.64. The van der Waals surface area contributed by atoms with Crippen molar-refractivity contribution in [3.63, 3.8) is 0 Å². The van der Waals surface area contributed by atoms with Crippen molar-refractivity contribution in [1.29, 1.82) is 0 Å². The Kier molecular flexibility index (Phi) is 4.67. The van der Waals surface area contributed by atoms with Crippen LogP contribution in [-0.2, 0) is 4.79 Å². The Morgan fingerprint density at radius 2 is 2.00 bits per heavy atom. The van der Waals surface area contributed by atoms with Crippen molar-refractivity contribution in [2.45, 2.75) is 6.92 Å². The Morgan fingerprint density at radius 1 is 1.40 bits per heavy atom. The Bertz CT molecular complexity index is 368. The van der Waals surface area contributed by atoms with Crippen LogP contribution in [0.15, 0.2) is 34.0 Å². The van der Waals surface area contributed by atoms with E-state index in [1.807, 2.05) is 31.2 Å². The number of carboxylic acids is 1. The molecule has 3 nitrogen and oxygen atoms in total. The summed E-state index contributed by atoms with van der Waals surface area (Å²) in [6, 6.07) is 7.77. The minimum atomic E-state index is -0.869. The van der Waals surface area contributed by atoms with E-state index in [0.717, 1.165) is 9.37 Å². The van der Waals surface area contributed by atoms with E-state index in [9.17, 15) is 4.79 Å². The molecule has 0 unspecified atom stereocenters. The van der Waals surface area contributed by atoms with Gasteiger partial charge in [-0.25, -0.2) is 0 Å². The first-order valence-electron chi connectivity index (χ1n) is 4.35. The molecular formula is C11H12O3Te. The molecule has 0 spiro atoms. The quantitative estimate of drug-likeness (QED) is 0.665. The molecule has 0 aliphatic rings. The zero-order chi connectivity index (χ0) is 11.3. The predicted molar refractivity (Wildman–Crippen MR) is 59.8 cm³/mol. The van der Waals surface area contributed by atoms with Gasteiger partial charge in [0.2, 0.25) is 0 Å². The number of aliphatic carboxylic acids is 1. The molecule has 0 saturated carbocycles. The van der Waals surface area contributed by atoms with Gasteiger partial charge in [0.05, 0.1) is 0 Å². The van der Waals surface area contributed by atoms with E-state index in [-0.39, 0.29) is 0 Å². The third-order valence-electron chi connectivity index (χ3n) is 1.67. The van der Waals surface area contributed by atoms with Crippen molar-refractivity contribution < 1.29 is 14.6 Å². The number of ether oxygens (including phenoxy) is 1. The van der Waals surface area contributed by atoms with Gasteiger partial charge in [-0.1, -0.05) is 0 Å². The maximum absolute atomic E-state index is 10.4. The van der Waals surface area contributed by atoms with Gasteiger partial charge in [-0.2, -0.15) is 0 Å². The summed E-state index contributed by atoms with van der Waals surface area (Å²) in [7, 11) is 1.63. The average molecular weight is 320 g/mol. The average Bonchev–Trinajstić information content (AvgIpc) is 2.17. The summed E-state index contributed by atoms with van der Waals surface area (Å²) in [4.78, 5) is 10.4. The third kappa shape index (κ3) is 4.37. The third-order valence-corrected chi connectivity index (χ3v) is 4.37. The van der Waals surface area contributed by atoms with Crippen molar-refractivity contribution in [3.8, 4) is 5.75 Å². The molecule has 0 aliphatic carbocycles. The van der Waals surface area contributed by atoms with Crippen LogP contribution in [0, 0.1) is 0 Å². The molecule has 1 aromatic carbocycles. The molecule has 1 N–H and O–H groups in total. The summed E-state index contributed by atoms with van der Waals surface area (Å²) < 4.78 is 7.21. The van der Waals surface area contributed by atoms with Gasteiger partial charge < -0.3 is 0 Å². The maximum atomic E-state index is 10.4. The van der Waals surface area contributed by atoms with E-state index in [0.29, 0.717) is 0 Å². The van der Waals surface area contributed by atoms with Gasteiger partial charge >= 0.3 is 98.9 Å². The topological polar surface area (TPSA) is 46.5 Å². The van der Waals surface area contributed by atoms with Crippen LogP contribution < -0.4 is 8.35 Å². The number of hydrogen-bond acceptors (Lipinski definition) is 2. The van der Waals surface area contributed by atoms with E-state index in [4.69, 9.17) is 9.84 Å². The molecule has 0 aromatic heterocycles. The summed E-state index contributed by atoms with van der Waals surface area (Å²) in [6.45, 7) is 1.86. The van der Waals surface area contributed by atoms with Crippen LogP contribution in [-0.4, -0.2) is 39.1 Å². The van der Waals surface area contributed by atoms with Crippen LogP contribution in [0.5, 0.6) is 5.75 Å². The predicted octanol–water partition coefficient (Wildman–Crippen LogP) is 1.01. The van der Waals surface area contributed by atoms with Gasteiger partial charge in [-0.15, -0.1) is 0 Å². The van der Waals surface area contributed by atoms with Gasteiger partial charge in [0.25, 0.3) is 0 Å². The van der Waals surface area contributed by atoms with Crippen molar-refractivity contribution in [3.05, 3.63) is 34.0 Å². The Labute approximate surface area is 98.8 Å². The summed E-state index contributed by atoms with van der Waals surface area (Å²) in [5, 5.41) is 8.57. The molecule has 0 heterocycles. The molecule has 0 bridgehead atoms. The number of methoxy groups -OCH3 is 1. The molecule has 1 aromatic rings. The second-order valence-electron chi connectivity index (χ2n) is 2.87. The Hall–Kier alpha value is -0.980. The van der Waals surface area contributed by atoms with Gasteiger partial charge in [0, 0.05) is 0 Å². The van der Waals surface area contributed by atoms with Crippen LogP contribution in [0.25, 0.3) is 0 Å². The molecule has 0 atom stereocenters. The molecule has 0 amide bonds. The fourth-order valence-electron chi connectivity index (χ4n) is 1.03. The minimum absolute atomic E-state index is 0.547. The molecule has 4 heteroatoms. The number of carbonyl (C=O) groups is 1. The standard InChI is InChI=1S/C11H12O3Te/c1-8(7-11(12)13)15-10-5-3-9(14-2)4-6-10/h3-7H,1-2H3,(H,12,13)/b8-7-. The number of rotatable bonds is 4. The monoisotopic (exact) mass is 322 g/mol. The summed E-state index contributed by atoms with van der Waals surface area (Å²) >= 11 is -0.547. The Balaban J connectivity index is 2.69. The SMILES string of the molecule is COc1ccc([Te]/C(C)=C\C(=O)O)cc1. The van der Waals surface area contributed by atoms with Crippen LogP contribution in [0.4, 0.5) is 0 Å². The van der Waals surface area contributed by atoms with Crippen molar-refractivity contribution in [2.24, 2.45) is 0 Å². The molecule has 0 fully saturated rings. The molecule has 0 aliphatic heterocycles. The summed E-state index contributed by atoms with van der Waals surface area (Å²) in [5.74, 6) is -0.0443. The normalized spacial score (nSPS) is 11.2. The fourth-order valence-corrected chi connectivity index (χ4v) is 3.33. The molecule has 80 valence electrons. The number of benzene rings is 1. The van der Waals surface area contributed by atoms with Crippen molar-refractivity contribution >= 4 is 30.5 Å². The molecule has 1 rings (SSSR count). The number of carboxylic acid groups (broad SMARTS) is 1.